The van der Waals surface area contributed by atoms with Gasteiger partial charge in [-0.05, 0) is 33.6 Å². The van der Waals surface area contributed by atoms with Crippen molar-refractivity contribution in [1.29, 1.82) is 0 Å². The van der Waals surface area contributed by atoms with E-state index in [0.717, 1.165) is 36.5 Å². The van der Waals surface area contributed by atoms with E-state index in [2.05, 4.69) is 14.9 Å². The molecule has 7 nitrogen and oxygen atoms in total. The zero-order valence-electron chi connectivity index (χ0n) is 15.8. The van der Waals surface area contributed by atoms with Crippen LogP contribution < -0.4 is 4.90 Å². The lowest BCUT2D eigenvalue weighted by Crippen LogP contribution is -2.42. The number of aliphatic hydroxyl groups excluding tert-OH is 1. The van der Waals surface area contributed by atoms with Crippen molar-refractivity contribution in [1.82, 2.24) is 14.9 Å². The quantitative estimate of drug-likeness (QED) is 0.882. The lowest BCUT2D eigenvalue weighted by molar-refractivity contribution is 0.0785. The minimum atomic E-state index is -0.176. The summed E-state index contributed by atoms with van der Waals surface area (Å²) in [5, 5.41) is 9.37. The predicted octanol–water partition coefficient (Wildman–Crippen LogP) is 2.23. The van der Waals surface area contributed by atoms with Crippen LogP contribution in [0, 0.1) is 20.8 Å². The topological polar surface area (TPSA) is 82.7 Å². The molecule has 7 heteroatoms. The van der Waals surface area contributed by atoms with Crippen molar-refractivity contribution in [3.05, 3.63) is 40.7 Å². The number of aryl methyl sites for hydroxylation is 3. The number of amides is 1. The molecule has 1 saturated heterocycles. The van der Waals surface area contributed by atoms with Gasteiger partial charge in [0.25, 0.3) is 5.91 Å². The third-order valence-corrected chi connectivity index (χ3v) is 4.90. The summed E-state index contributed by atoms with van der Waals surface area (Å²) in [4.78, 5) is 25.5. The van der Waals surface area contributed by atoms with Gasteiger partial charge >= 0.3 is 0 Å². The molecule has 0 saturated carbocycles. The van der Waals surface area contributed by atoms with Crippen molar-refractivity contribution in [2.24, 2.45) is 0 Å². The molecule has 0 aliphatic carbocycles. The highest BCUT2D eigenvalue weighted by Gasteiger charge is 2.29. The van der Waals surface area contributed by atoms with Crippen LogP contribution >= 0.6 is 0 Å². The molecule has 1 aliphatic heterocycles. The van der Waals surface area contributed by atoms with Gasteiger partial charge in [0.2, 0.25) is 0 Å². The largest absolute Gasteiger partial charge is 0.469 e. The van der Waals surface area contributed by atoms with E-state index in [1.54, 1.807) is 11.2 Å². The first-order chi connectivity index (χ1) is 12.4. The fraction of sp³-hybridized carbons (Fsp3) is 0.526. The van der Waals surface area contributed by atoms with Crippen LogP contribution in [0.1, 0.15) is 46.0 Å². The van der Waals surface area contributed by atoms with E-state index in [0.29, 0.717) is 23.7 Å². The summed E-state index contributed by atoms with van der Waals surface area (Å²) in [6.45, 7) is 6.92. The standard InChI is InChI=1S/C19H26N4O3/c1-12-11-26-14(3)18(12)19(25)22(4)9-15-6-5-7-23(15)17-8-13(2)20-16(10-24)21-17/h8,11,15,24H,5-7,9-10H2,1-4H3. The molecule has 0 spiro atoms. The summed E-state index contributed by atoms with van der Waals surface area (Å²) in [5.41, 5.74) is 2.35. The summed E-state index contributed by atoms with van der Waals surface area (Å²) >= 11 is 0. The third-order valence-electron chi connectivity index (χ3n) is 4.90. The summed E-state index contributed by atoms with van der Waals surface area (Å²) in [5.74, 6) is 1.89. The Labute approximate surface area is 153 Å². The van der Waals surface area contributed by atoms with Crippen molar-refractivity contribution >= 4 is 11.7 Å². The second-order valence-corrected chi connectivity index (χ2v) is 6.97. The average Bonchev–Trinajstić information content (AvgIpc) is 3.20. The summed E-state index contributed by atoms with van der Waals surface area (Å²) in [7, 11) is 1.83. The zero-order valence-corrected chi connectivity index (χ0v) is 15.8. The molecule has 0 aromatic carbocycles. The van der Waals surface area contributed by atoms with Gasteiger partial charge in [0.1, 0.15) is 18.2 Å². The van der Waals surface area contributed by atoms with Crippen molar-refractivity contribution in [2.75, 3.05) is 25.0 Å². The molecule has 1 amide bonds. The molecule has 2 aromatic heterocycles. The molecule has 26 heavy (non-hydrogen) atoms. The van der Waals surface area contributed by atoms with Gasteiger partial charge in [0.15, 0.2) is 5.82 Å². The number of nitrogens with zero attached hydrogens (tertiary/aromatic N) is 4. The SMILES string of the molecule is Cc1cc(N2CCCC2CN(C)C(=O)c2c(C)coc2C)nc(CO)n1. The van der Waals surface area contributed by atoms with Gasteiger partial charge in [0, 0.05) is 43.5 Å². The lowest BCUT2D eigenvalue weighted by Gasteiger charge is -2.30. The molecule has 0 bridgehead atoms. The van der Waals surface area contributed by atoms with Crippen LogP contribution in [0.4, 0.5) is 5.82 Å². The number of anilines is 1. The zero-order chi connectivity index (χ0) is 18.8. The number of hydrogen-bond acceptors (Lipinski definition) is 6. The number of aliphatic hydroxyl groups is 1. The van der Waals surface area contributed by atoms with Crippen molar-refractivity contribution in [3.63, 3.8) is 0 Å². The lowest BCUT2D eigenvalue weighted by atomic mass is 10.1. The van der Waals surface area contributed by atoms with Gasteiger partial charge in [-0.2, -0.15) is 0 Å². The molecule has 3 heterocycles. The molecule has 0 radical (unpaired) electrons. The maximum Gasteiger partial charge on any atom is 0.257 e. The molecular formula is C19H26N4O3. The first-order valence-electron chi connectivity index (χ1n) is 8.93. The van der Waals surface area contributed by atoms with E-state index >= 15 is 0 Å². The monoisotopic (exact) mass is 358 g/mol. The van der Waals surface area contributed by atoms with Gasteiger partial charge in [0.05, 0.1) is 11.8 Å². The van der Waals surface area contributed by atoms with Gasteiger partial charge in [-0.25, -0.2) is 9.97 Å². The molecule has 1 N–H and O–H groups in total. The highest BCUT2D eigenvalue weighted by Crippen LogP contribution is 2.26. The highest BCUT2D eigenvalue weighted by molar-refractivity contribution is 5.96. The van der Waals surface area contributed by atoms with Crippen molar-refractivity contribution in [2.45, 2.75) is 46.3 Å². The predicted molar refractivity (Wildman–Crippen MR) is 98.2 cm³/mol. The normalized spacial score (nSPS) is 17.0. The number of likely N-dealkylation sites (N-methyl/N-ethyl adjacent to an activating group) is 1. The number of carbonyl (C=O) groups excluding carboxylic acids is 1. The maximum absolute atomic E-state index is 12.8. The van der Waals surface area contributed by atoms with Crippen LogP contribution in [0.15, 0.2) is 16.7 Å². The van der Waals surface area contributed by atoms with E-state index < -0.39 is 0 Å². The van der Waals surface area contributed by atoms with Crippen LogP contribution in [-0.2, 0) is 6.61 Å². The fourth-order valence-electron chi connectivity index (χ4n) is 3.64. The summed E-state index contributed by atoms with van der Waals surface area (Å²) in [6.07, 6.45) is 3.67. The molecule has 1 unspecified atom stereocenters. The fourth-order valence-corrected chi connectivity index (χ4v) is 3.64. The van der Waals surface area contributed by atoms with Gasteiger partial charge in [-0.3, -0.25) is 4.79 Å². The first-order valence-corrected chi connectivity index (χ1v) is 8.93. The van der Waals surface area contributed by atoms with Gasteiger partial charge in [-0.1, -0.05) is 0 Å². The smallest absolute Gasteiger partial charge is 0.257 e. The highest BCUT2D eigenvalue weighted by atomic mass is 16.3. The van der Waals surface area contributed by atoms with E-state index in [-0.39, 0.29) is 18.6 Å². The molecule has 2 aromatic rings. The number of aromatic nitrogens is 2. The van der Waals surface area contributed by atoms with Crippen LogP contribution in [0.3, 0.4) is 0 Å². The Morgan fingerprint density at radius 2 is 2.15 bits per heavy atom. The van der Waals surface area contributed by atoms with Crippen molar-refractivity contribution in [3.8, 4) is 0 Å². The van der Waals surface area contributed by atoms with Crippen LogP contribution in [0.5, 0.6) is 0 Å². The van der Waals surface area contributed by atoms with Crippen LogP contribution in [-0.4, -0.2) is 52.1 Å². The average molecular weight is 358 g/mol. The number of rotatable bonds is 5. The Kier molecular flexibility index (Phi) is 5.27. The molecule has 1 fully saturated rings. The molecule has 1 aliphatic rings. The molecular weight excluding hydrogens is 332 g/mol. The second-order valence-electron chi connectivity index (χ2n) is 6.97. The molecule has 3 rings (SSSR count). The Bertz CT molecular complexity index is 783. The number of hydrogen-bond donors (Lipinski definition) is 1. The van der Waals surface area contributed by atoms with E-state index in [9.17, 15) is 9.90 Å². The van der Waals surface area contributed by atoms with Crippen molar-refractivity contribution < 1.29 is 14.3 Å². The minimum absolute atomic E-state index is 0.0180. The minimum Gasteiger partial charge on any atom is -0.469 e. The molecule has 140 valence electrons. The Morgan fingerprint density at radius 1 is 1.38 bits per heavy atom. The Hall–Kier alpha value is -2.41. The van der Waals surface area contributed by atoms with Crippen LogP contribution in [0.25, 0.3) is 0 Å². The summed E-state index contributed by atoms with van der Waals surface area (Å²) in [6, 6.07) is 2.13. The summed E-state index contributed by atoms with van der Waals surface area (Å²) < 4.78 is 5.37. The second kappa shape index (κ2) is 7.45. The first kappa shape index (κ1) is 18.4. The van der Waals surface area contributed by atoms with E-state index in [4.69, 9.17) is 4.42 Å². The Morgan fingerprint density at radius 3 is 2.81 bits per heavy atom. The molecule has 1 atom stereocenters. The number of carbonyl (C=O) groups is 1. The van der Waals surface area contributed by atoms with Crippen LogP contribution in [0.2, 0.25) is 0 Å². The third kappa shape index (κ3) is 3.58. The van der Waals surface area contributed by atoms with E-state index in [1.165, 1.54) is 0 Å². The maximum atomic E-state index is 12.8. The van der Waals surface area contributed by atoms with Gasteiger partial charge in [-0.15, -0.1) is 0 Å². The number of furan rings is 1. The Balaban J connectivity index is 1.76. The van der Waals surface area contributed by atoms with Gasteiger partial charge < -0.3 is 19.3 Å². The van der Waals surface area contributed by atoms with E-state index in [1.807, 2.05) is 33.9 Å².